The Morgan fingerprint density at radius 1 is 1.50 bits per heavy atom. The van der Waals surface area contributed by atoms with E-state index in [0.29, 0.717) is 0 Å². The molecule has 0 bridgehead atoms. The van der Waals surface area contributed by atoms with Crippen molar-refractivity contribution in [1.29, 1.82) is 5.26 Å². The normalized spacial score (nSPS) is 21.6. The van der Waals surface area contributed by atoms with Crippen LogP contribution >= 0.6 is 0 Å². The molecule has 1 saturated heterocycles. The fourth-order valence-electron chi connectivity index (χ4n) is 2.26. The van der Waals surface area contributed by atoms with E-state index in [4.69, 9.17) is 5.26 Å². The molecule has 1 aromatic rings. The Morgan fingerprint density at radius 3 is 3.12 bits per heavy atom. The molecule has 2 rings (SSSR count). The number of rotatable bonds is 2. The molecule has 1 aromatic heterocycles. The summed E-state index contributed by atoms with van der Waals surface area (Å²) in [4.78, 5) is 6.45. The molecular formula is C13H17N3. The Hall–Kier alpha value is -1.40. The zero-order valence-corrected chi connectivity index (χ0v) is 9.69. The van der Waals surface area contributed by atoms with Gasteiger partial charge in [-0.2, -0.15) is 5.26 Å². The zero-order valence-electron chi connectivity index (χ0n) is 9.69. The minimum atomic E-state index is 0.0919. The van der Waals surface area contributed by atoms with Crippen molar-refractivity contribution in [3.05, 3.63) is 29.6 Å². The monoisotopic (exact) mass is 215 g/mol. The number of nitrogens with zero attached hydrogens (tertiary/aromatic N) is 3. The maximum Gasteiger partial charge on any atom is 0.0980 e. The van der Waals surface area contributed by atoms with Gasteiger partial charge in [-0.05, 0) is 43.9 Å². The number of nitriles is 1. The Balaban J connectivity index is 2.05. The highest BCUT2D eigenvalue weighted by Crippen LogP contribution is 2.18. The van der Waals surface area contributed by atoms with E-state index >= 15 is 0 Å². The van der Waals surface area contributed by atoms with Crippen molar-refractivity contribution in [1.82, 2.24) is 9.88 Å². The molecule has 0 radical (unpaired) electrons. The molecular weight excluding hydrogens is 198 g/mol. The lowest BCUT2D eigenvalue weighted by Crippen LogP contribution is -2.37. The van der Waals surface area contributed by atoms with Gasteiger partial charge in [-0.3, -0.25) is 9.88 Å². The maximum atomic E-state index is 9.09. The first-order valence-corrected chi connectivity index (χ1v) is 5.84. The zero-order chi connectivity index (χ0) is 11.4. The van der Waals surface area contributed by atoms with E-state index in [9.17, 15) is 0 Å². The predicted octanol–water partition coefficient (Wildman–Crippen LogP) is 2.27. The van der Waals surface area contributed by atoms with Gasteiger partial charge in [0.15, 0.2) is 0 Å². The van der Waals surface area contributed by atoms with Crippen LogP contribution in [-0.2, 0) is 6.54 Å². The van der Waals surface area contributed by atoms with Crippen molar-refractivity contribution in [2.24, 2.45) is 0 Å². The number of hydrogen-bond donors (Lipinski definition) is 0. The summed E-state index contributed by atoms with van der Waals surface area (Å²) in [5.74, 6) is 0. The summed E-state index contributed by atoms with van der Waals surface area (Å²) < 4.78 is 0. The number of piperidine rings is 1. The van der Waals surface area contributed by atoms with Crippen molar-refractivity contribution < 1.29 is 0 Å². The molecule has 2 heterocycles. The summed E-state index contributed by atoms with van der Waals surface area (Å²) in [6, 6.07) is 4.64. The predicted molar refractivity (Wildman–Crippen MR) is 62.6 cm³/mol. The molecule has 84 valence electrons. The van der Waals surface area contributed by atoms with Crippen LogP contribution in [-0.4, -0.2) is 22.5 Å². The van der Waals surface area contributed by atoms with Gasteiger partial charge in [0.2, 0.25) is 0 Å². The quantitative estimate of drug-likeness (QED) is 0.759. The summed E-state index contributed by atoms with van der Waals surface area (Å²) in [6.07, 6.45) is 7.16. The minimum absolute atomic E-state index is 0.0919. The second kappa shape index (κ2) is 5.09. The molecule has 1 atom stereocenters. The van der Waals surface area contributed by atoms with Crippen LogP contribution in [0.4, 0.5) is 0 Å². The van der Waals surface area contributed by atoms with Crippen LogP contribution < -0.4 is 0 Å². The maximum absolute atomic E-state index is 9.09. The lowest BCUT2D eigenvalue weighted by Gasteiger charge is -2.31. The molecule has 0 amide bonds. The van der Waals surface area contributed by atoms with Crippen molar-refractivity contribution >= 4 is 0 Å². The van der Waals surface area contributed by atoms with Gasteiger partial charge in [-0.1, -0.05) is 6.07 Å². The van der Waals surface area contributed by atoms with Crippen molar-refractivity contribution in [3.63, 3.8) is 0 Å². The molecule has 1 aliphatic rings. The molecule has 3 heteroatoms. The lowest BCUT2D eigenvalue weighted by atomic mass is 10.0. The van der Waals surface area contributed by atoms with Crippen LogP contribution in [0.1, 0.15) is 30.4 Å². The first-order valence-electron chi connectivity index (χ1n) is 5.84. The van der Waals surface area contributed by atoms with Crippen molar-refractivity contribution in [2.45, 2.75) is 38.8 Å². The number of pyridine rings is 1. The summed E-state index contributed by atoms with van der Waals surface area (Å²) in [5.41, 5.74) is 2.39. The summed E-state index contributed by atoms with van der Waals surface area (Å²) in [7, 11) is 0. The third-order valence-electron chi connectivity index (χ3n) is 3.08. The average molecular weight is 215 g/mol. The third kappa shape index (κ3) is 2.59. The van der Waals surface area contributed by atoms with E-state index in [-0.39, 0.29) is 6.04 Å². The van der Waals surface area contributed by atoms with Crippen LogP contribution in [0.3, 0.4) is 0 Å². The minimum Gasteiger partial charge on any atom is -0.284 e. The molecule has 0 saturated carbocycles. The third-order valence-corrected chi connectivity index (χ3v) is 3.08. The van der Waals surface area contributed by atoms with Crippen LogP contribution in [0.5, 0.6) is 0 Å². The van der Waals surface area contributed by atoms with Crippen molar-refractivity contribution in [3.8, 4) is 6.07 Å². The molecule has 0 N–H and O–H groups in total. The lowest BCUT2D eigenvalue weighted by molar-refractivity contribution is 0.176. The van der Waals surface area contributed by atoms with Gasteiger partial charge in [-0.15, -0.1) is 0 Å². The van der Waals surface area contributed by atoms with E-state index < -0.39 is 0 Å². The number of likely N-dealkylation sites (tertiary alicyclic amines) is 1. The number of hydrogen-bond acceptors (Lipinski definition) is 3. The van der Waals surface area contributed by atoms with Gasteiger partial charge in [0.1, 0.15) is 0 Å². The van der Waals surface area contributed by atoms with Gasteiger partial charge >= 0.3 is 0 Å². The fourth-order valence-corrected chi connectivity index (χ4v) is 2.26. The first-order chi connectivity index (χ1) is 7.79. The summed E-state index contributed by atoms with van der Waals surface area (Å²) in [6.45, 7) is 3.94. The molecule has 3 nitrogen and oxygen atoms in total. The summed E-state index contributed by atoms with van der Waals surface area (Å²) >= 11 is 0. The van der Waals surface area contributed by atoms with Gasteiger partial charge in [0.25, 0.3) is 0 Å². The molecule has 16 heavy (non-hydrogen) atoms. The second-order valence-electron chi connectivity index (χ2n) is 4.48. The number of aryl methyl sites for hydroxylation is 1. The molecule has 0 aliphatic carbocycles. The van der Waals surface area contributed by atoms with Crippen LogP contribution in [0, 0.1) is 18.3 Å². The van der Waals surface area contributed by atoms with Crippen LogP contribution in [0.25, 0.3) is 0 Å². The first kappa shape index (κ1) is 11.1. The molecule has 1 unspecified atom stereocenters. The molecule has 0 spiro atoms. The van der Waals surface area contributed by atoms with Crippen molar-refractivity contribution in [2.75, 3.05) is 6.54 Å². The van der Waals surface area contributed by atoms with Gasteiger partial charge < -0.3 is 0 Å². The van der Waals surface area contributed by atoms with Gasteiger partial charge in [0.05, 0.1) is 12.1 Å². The molecule has 0 aromatic carbocycles. The highest BCUT2D eigenvalue weighted by Gasteiger charge is 2.21. The Bertz CT molecular complexity index is 394. The van der Waals surface area contributed by atoms with Crippen LogP contribution in [0.15, 0.2) is 18.5 Å². The fraction of sp³-hybridized carbons (Fsp3) is 0.538. The average Bonchev–Trinajstić information content (AvgIpc) is 2.30. The van der Waals surface area contributed by atoms with Gasteiger partial charge in [-0.25, -0.2) is 0 Å². The highest BCUT2D eigenvalue weighted by molar-refractivity contribution is 5.17. The van der Waals surface area contributed by atoms with E-state index in [1.54, 1.807) is 0 Å². The molecule has 1 fully saturated rings. The topological polar surface area (TPSA) is 39.9 Å². The SMILES string of the molecule is Cc1cncc(CN2CCCCC2C#N)c1. The van der Waals surface area contributed by atoms with E-state index in [1.165, 1.54) is 24.0 Å². The largest absolute Gasteiger partial charge is 0.284 e. The Morgan fingerprint density at radius 2 is 2.38 bits per heavy atom. The van der Waals surface area contributed by atoms with E-state index in [0.717, 1.165) is 19.5 Å². The Kier molecular flexibility index (Phi) is 3.53. The smallest absolute Gasteiger partial charge is 0.0980 e. The molecule has 1 aliphatic heterocycles. The number of aromatic nitrogens is 1. The highest BCUT2D eigenvalue weighted by atomic mass is 15.2. The summed E-state index contributed by atoms with van der Waals surface area (Å²) in [5, 5.41) is 9.09. The second-order valence-corrected chi connectivity index (χ2v) is 4.48. The van der Waals surface area contributed by atoms with E-state index in [2.05, 4.69) is 28.9 Å². The Labute approximate surface area is 96.7 Å². The van der Waals surface area contributed by atoms with E-state index in [1.807, 2.05) is 12.4 Å². The standard InChI is InChI=1S/C13H17N3/c1-11-6-12(9-15-8-11)10-16-5-3-2-4-13(16)7-14/h6,8-9,13H,2-5,10H2,1H3. The van der Waals surface area contributed by atoms with Crippen LogP contribution in [0.2, 0.25) is 0 Å². The van der Waals surface area contributed by atoms with Gasteiger partial charge in [0, 0.05) is 18.9 Å².